The molecule has 0 spiro atoms. The van der Waals surface area contributed by atoms with E-state index in [4.69, 9.17) is 11.6 Å². The van der Waals surface area contributed by atoms with E-state index in [1.165, 1.54) is 13.2 Å². The highest BCUT2D eigenvalue weighted by Gasteiger charge is 2.15. The number of hydrogen-bond donors (Lipinski definition) is 0. The quantitative estimate of drug-likeness (QED) is 0.363. The van der Waals surface area contributed by atoms with Gasteiger partial charge >= 0.3 is 11.7 Å². The number of nitrogens with zero attached hydrogens (tertiary/aromatic N) is 2. The van der Waals surface area contributed by atoms with E-state index in [9.17, 15) is 14.9 Å². The smallest absolute Gasteiger partial charge is 0.309 e. The maximum atomic E-state index is 10.9. The van der Waals surface area contributed by atoms with Crippen LogP contribution in [0.15, 0.2) is 12.1 Å². The van der Waals surface area contributed by atoms with Gasteiger partial charge < -0.3 is 4.74 Å². The van der Waals surface area contributed by atoms with Gasteiger partial charge in [-0.2, -0.15) is 0 Å². The number of esters is 1. The Labute approximate surface area is 108 Å². The summed E-state index contributed by atoms with van der Waals surface area (Å²) in [5.74, 6) is -0.389. The van der Waals surface area contributed by atoms with E-state index in [1.54, 1.807) is 19.1 Å². The molecule has 1 aromatic heterocycles. The Bertz CT molecular complexity index is 514. The number of hydrogen-bond acceptors (Lipinski definition) is 5. The molecule has 0 bridgehead atoms. The van der Waals surface area contributed by atoms with Crippen molar-refractivity contribution in [2.24, 2.45) is 0 Å². The maximum absolute atomic E-state index is 10.9. The van der Waals surface area contributed by atoms with E-state index in [-0.39, 0.29) is 23.2 Å². The van der Waals surface area contributed by atoms with Crippen LogP contribution in [0.25, 0.3) is 6.08 Å². The lowest BCUT2D eigenvalue weighted by molar-refractivity contribution is -0.385. The average molecular weight is 271 g/mol. The predicted octanol–water partition coefficient (Wildman–Crippen LogP) is 2.53. The summed E-state index contributed by atoms with van der Waals surface area (Å²) < 4.78 is 4.46. The standard InChI is InChI=1S/C11H11ClN2O4/c1-7-8(4-3-5-10(15)18-2)6-9(14(16)17)11(12)13-7/h3-4,6H,5H2,1-2H3. The number of halogens is 1. The van der Waals surface area contributed by atoms with Gasteiger partial charge in [-0.25, -0.2) is 4.98 Å². The summed E-state index contributed by atoms with van der Waals surface area (Å²) in [7, 11) is 1.29. The molecule has 0 unspecified atom stereocenters. The third-order valence-electron chi connectivity index (χ3n) is 2.19. The van der Waals surface area contributed by atoms with Crippen molar-refractivity contribution in [2.75, 3.05) is 7.11 Å². The van der Waals surface area contributed by atoms with Crippen molar-refractivity contribution >= 4 is 29.3 Å². The average Bonchev–Trinajstić information content (AvgIpc) is 2.31. The van der Waals surface area contributed by atoms with Crippen molar-refractivity contribution in [1.82, 2.24) is 4.98 Å². The predicted molar refractivity (Wildman–Crippen MR) is 66.3 cm³/mol. The Kier molecular flexibility index (Phi) is 4.79. The molecule has 0 atom stereocenters. The molecule has 0 aliphatic carbocycles. The third-order valence-corrected chi connectivity index (χ3v) is 2.47. The molecular weight excluding hydrogens is 260 g/mol. The van der Waals surface area contributed by atoms with Crippen LogP contribution >= 0.6 is 11.6 Å². The first-order chi connectivity index (χ1) is 8.45. The van der Waals surface area contributed by atoms with E-state index < -0.39 is 4.92 Å². The van der Waals surface area contributed by atoms with E-state index in [0.717, 1.165) is 0 Å². The Morgan fingerprint density at radius 1 is 1.67 bits per heavy atom. The largest absolute Gasteiger partial charge is 0.469 e. The SMILES string of the molecule is COC(=O)CC=Cc1cc([N+](=O)[O-])c(Cl)nc1C. The Balaban J connectivity index is 2.99. The minimum Gasteiger partial charge on any atom is -0.469 e. The molecule has 6 nitrogen and oxygen atoms in total. The lowest BCUT2D eigenvalue weighted by Gasteiger charge is -2.01. The first-order valence-corrected chi connectivity index (χ1v) is 5.38. The lowest BCUT2D eigenvalue weighted by atomic mass is 10.1. The second kappa shape index (κ2) is 6.11. The van der Waals surface area contributed by atoms with Crippen LogP contribution in [0.4, 0.5) is 5.69 Å². The summed E-state index contributed by atoms with van der Waals surface area (Å²) in [6.07, 6.45) is 3.21. The molecule has 0 saturated heterocycles. The van der Waals surface area contributed by atoms with E-state index >= 15 is 0 Å². The van der Waals surface area contributed by atoms with Crippen LogP contribution in [0.3, 0.4) is 0 Å². The van der Waals surface area contributed by atoms with Gasteiger partial charge in [0.25, 0.3) is 0 Å². The fourth-order valence-corrected chi connectivity index (χ4v) is 1.49. The first-order valence-electron chi connectivity index (χ1n) is 5.00. The van der Waals surface area contributed by atoms with E-state index in [1.807, 2.05) is 0 Å². The van der Waals surface area contributed by atoms with Crippen LogP contribution in [0.2, 0.25) is 5.15 Å². The number of nitro groups is 1. The number of aryl methyl sites for hydroxylation is 1. The Hall–Kier alpha value is -1.95. The second-order valence-corrected chi connectivity index (χ2v) is 3.77. The summed E-state index contributed by atoms with van der Waals surface area (Å²) in [5, 5.41) is 10.5. The number of rotatable bonds is 4. The van der Waals surface area contributed by atoms with Gasteiger partial charge in [0.2, 0.25) is 5.15 Å². The van der Waals surface area contributed by atoms with Crippen LogP contribution in [-0.2, 0) is 9.53 Å². The maximum Gasteiger partial charge on any atom is 0.309 e. The van der Waals surface area contributed by atoms with E-state index in [2.05, 4.69) is 9.72 Å². The zero-order valence-corrected chi connectivity index (χ0v) is 10.6. The third kappa shape index (κ3) is 3.53. The van der Waals surface area contributed by atoms with E-state index in [0.29, 0.717) is 11.3 Å². The monoisotopic (exact) mass is 270 g/mol. The summed E-state index contributed by atoms with van der Waals surface area (Å²) >= 11 is 5.65. The minimum atomic E-state index is -0.605. The molecule has 0 N–H and O–H groups in total. The fourth-order valence-electron chi connectivity index (χ4n) is 1.24. The molecule has 0 amide bonds. The lowest BCUT2D eigenvalue weighted by Crippen LogP contribution is -1.97. The van der Waals surface area contributed by atoms with Crippen molar-refractivity contribution in [3.05, 3.63) is 38.7 Å². The molecule has 7 heteroatoms. The van der Waals surface area contributed by atoms with Crippen LogP contribution < -0.4 is 0 Å². The second-order valence-electron chi connectivity index (χ2n) is 3.41. The first kappa shape index (κ1) is 14.1. The highest BCUT2D eigenvalue weighted by Crippen LogP contribution is 2.25. The summed E-state index contributed by atoms with van der Waals surface area (Å²) in [5.41, 5.74) is 0.821. The van der Waals surface area contributed by atoms with Gasteiger partial charge in [-0.05, 0) is 6.92 Å². The molecule has 1 aromatic rings. The molecule has 0 aliphatic rings. The fraction of sp³-hybridized carbons (Fsp3) is 0.273. The summed E-state index contributed by atoms with van der Waals surface area (Å²) in [4.78, 5) is 24.9. The molecule has 0 aliphatic heterocycles. The van der Waals surface area contributed by atoms with Crippen LogP contribution in [0.5, 0.6) is 0 Å². The van der Waals surface area contributed by atoms with Crippen LogP contribution in [0, 0.1) is 17.0 Å². The van der Waals surface area contributed by atoms with Gasteiger partial charge in [0.1, 0.15) is 0 Å². The molecule has 0 radical (unpaired) electrons. The Morgan fingerprint density at radius 2 is 2.33 bits per heavy atom. The normalized spacial score (nSPS) is 10.6. The number of methoxy groups -OCH3 is 1. The van der Waals surface area contributed by atoms with Crippen LogP contribution in [0.1, 0.15) is 17.7 Å². The number of pyridine rings is 1. The highest BCUT2D eigenvalue weighted by atomic mass is 35.5. The molecule has 1 heterocycles. The van der Waals surface area contributed by atoms with Crippen molar-refractivity contribution in [1.29, 1.82) is 0 Å². The summed E-state index contributed by atoms with van der Waals surface area (Å²) in [6, 6.07) is 1.32. The molecule has 1 rings (SSSR count). The number of carbonyl (C=O) groups excluding carboxylic acids is 1. The van der Waals surface area contributed by atoms with Crippen molar-refractivity contribution in [2.45, 2.75) is 13.3 Å². The summed E-state index contributed by atoms with van der Waals surface area (Å²) in [6.45, 7) is 1.67. The molecule has 0 aromatic carbocycles. The van der Waals surface area contributed by atoms with Gasteiger partial charge in [0, 0.05) is 17.3 Å². The minimum absolute atomic E-state index is 0.0896. The zero-order chi connectivity index (χ0) is 13.7. The van der Waals surface area contributed by atoms with Gasteiger partial charge in [-0.15, -0.1) is 0 Å². The molecule has 18 heavy (non-hydrogen) atoms. The van der Waals surface area contributed by atoms with Gasteiger partial charge in [0.15, 0.2) is 0 Å². The molecular formula is C11H11ClN2O4. The Morgan fingerprint density at radius 3 is 2.89 bits per heavy atom. The highest BCUT2D eigenvalue weighted by molar-refractivity contribution is 6.31. The van der Waals surface area contributed by atoms with Gasteiger partial charge in [-0.1, -0.05) is 23.8 Å². The topological polar surface area (TPSA) is 82.3 Å². The number of ether oxygens (including phenoxy) is 1. The molecule has 96 valence electrons. The molecule has 0 saturated carbocycles. The zero-order valence-electron chi connectivity index (χ0n) is 9.84. The number of aromatic nitrogens is 1. The van der Waals surface area contributed by atoms with Crippen molar-refractivity contribution in [3.63, 3.8) is 0 Å². The number of carbonyl (C=O) groups is 1. The van der Waals surface area contributed by atoms with Crippen LogP contribution in [-0.4, -0.2) is 23.0 Å². The van der Waals surface area contributed by atoms with Gasteiger partial charge in [-0.3, -0.25) is 14.9 Å². The van der Waals surface area contributed by atoms with Crippen molar-refractivity contribution < 1.29 is 14.5 Å². The van der Waals surface area contributed by atoms with Gasteiger partial charge in [0.05, 0.1) is 18.5 Å². The van der Waals surface area contributed by atoms with Crippen molar-refractivity contribution in [3.8, 4) is 0 Å². The molecule has 0 fully saturated rings.